The van der Waals surface area contributed by atoms with Gasteiger partial charge in [-0.25, -0.2) is 4.79 Å². The first-order valence-electron chi connectivity index (χ1n) is 3.81. The van der Waals surface area contributed by atoms with Crippen molar-refractivity contribution in [3.05, 3.63) is 33.4 Å². The third kappa shape index (κ3) is 4.22. The second-order valence-electron chi connectivity index (χ2n) is 2.48. The molecular formula is C9H8INO3. The topological polar surface area (TPSA) is 58.9 Å². The molecule has 1 aromatic carbocycles. The quantitative estimate of drug-likeness (QED) is 0.525. The van der Waals surface area contributed by atoms with E-state index in [1.807, 2.05) is 24.3 Å². The van der Waals surface area contributed by atoms with Gasteiger partial charge in [-0.1, -0.05) is 17.3 Å². The Bertz CT molecular complexity index is 352. The van der Waals surface area contributed by atoms with E-state index in [1.54, 1.807) is 0 Å². The molecule has 1 N–H and O–H groups in total. The first-order chi connectivity index (χ1) is 6.68. The van der Waals surface area contributed by atoms with Gasteiger partial charge in [-0.2, -0.15) is 0 Å². The molecule has 0 spiro atoms. The van der Waals surface area contributed by atoms with Crippen molar-refractivity contribution in [2.45, 2.75) is 6.61 Å². The lowest BCUT2D eigenvalue weighted by molar-refractivity contribution is -0.129. The van der Waals surface area contributed by atoms with Crippen molar-refractivity contribution in [2.24, 2.45) is 5.16 Å². The number of halogens is 1. The zero-order valence-corrected chi connectivity index (χ0v) is 9.34. The summed E-state index contributed by atoms with van der Waals surface area (Å²) in [6.07, 6.45) is 0.716. The maximum absolute atomic E-state index is 10.0. The van der Waals surface area contributed by atoms with Gasteiger partial charge in [0.25, 0.3) is 0 Å². The number of hydrogen-bond donors (Lipinski definition) is 1. The molecule has 0 fully saturated rings. The van der Waals surface area contributed by atoms with Crippen LogP contribution < -0.4 is 0 Å². The smallest absolute Gasteiger partial charge is 0.350 e. The molecule has 0 heterocycles. The molecule has 0 aliphatic heterocycles. The molecule has 1 rings (SSSR count). The Labute approximate surface area is 94.7 Å². The first kappa shape index (κ1) is 11.0. The summed E-state index contributed by atoms with van der Waals surface area (Å²) >= 11 is 2.19. The van der Waals surface area contributed by atoms with Gasteiger partial charge in [0.2, 0.25) is 0 Å². The van der Waals surface area contributed by atoms with E-state index in [2.05, 4.69) is 27.7 Å². The van der Waals surface area contributed by atoms with E-state index in [0.29, 0.717) is 6.21 Å². The standard InChI is InChI=1S/C9H8INO3/c10-8-3-1-2-7(4-8)6-14-11-5-9(12)13/h1-5H,6H2,(H,12,13). The molecule has 74 valence electrons. The third-order valence-electron chi connectivity index (χ3n) is 1.36. The summed E-state index contributed by atoms with van der Waals surface area (Å²) in [5, 5.41) is 11.5. The van der Waals surface area contributed by atoms with Gasteiger partial charge in [-0.05, 0) is 40.3 Å². The third-order valence-corrected chi connectivity index (χ3v) is 2.03. The molecular weight excluding hydrogens is 297 g/mol. The number of aliphatic carboxylic acids is 1. The van der Waals surface area contributed by atoms with Crippen molar-refractivity contribution >= 4 is 34.8 Å². The summed E-state index contributed by atoms with van der Waals surface area (Å²) in [5.74, 6) is -1.12. The highest BCUT2D eigenvalue weighted by molar-refractivity contribution is 14.1. The monoisotopic (exact) mass is 305 g/mol. The fraction of sp³-hybridized carbons (Fsp3) is 0.111. The van der Waals surface area contributed by atoms with Crippen molar-refractivity contribution < 1.29 is 14.7 Å². The average molecular weight is 305 g/mol. The molecule has 0 atom stereocenters. The highest BCUT2D eigenvalue weighted by atomic mass is 127. The van der Waals surface area contributed by atoms with Gasteiger partial charge < -0.3 is 9.94 Å². The maximum Gasteiger partial charge on any atom is 0.350 e. The van der Waals surface area contributed by atoms with Gasteiger partial charge in [0, 0.05) is 3.57 Å². The average Bonchev–Trinajstić information content (AvgIpc) is 2.12. The van der Waals surface area contributed by atoms with Crippen LogP contribution in [0.15, 0.2) is 29.4 Å². The molecule has 4 nitrogen and oxygen atoms in total. The molecule has 0 unspecified atom stereocenters. The molecule has 0 aromatic heterocycles. The summed E-state index contributed by atoms with van der Waals surface area (Å²) in [7, 11) is 0. The minimum absolute atomic E-state index is 0.278. The highest BCUT2D eigenvalue weighted by Crippen LogP contribution is 2.08. The number of benzene rings is 1. The number of rotatable bonds is 4. The van der Waals surface area contributed by atoms with Crippen molar-refractivity contribution in [1.29, 1.82) is 0 Å². The Morgan fingerprint density at radius 1 is 1.64 bits per heavy atom. The molecule has 0 radical (unpaired) electrons. The van der Waals surface area contributed by atoms with E-state index < -0.39 is 5.97 Å². The fourth-order valence-corrected chi connectivity index (χ4v) is 1.43. The molecule has 0 saturated heterocycles. The van der Waals surface area contributed by atoms with Gasteiger partial charge in [-0.3, -0.25) is 0 Å². The van der Waals surface area contributed by atoms with Crippen LogP contribution in [0.2, 0.25) is 0 Å². The van der Waals surface area contributed by atoms with Crippen LogP contribution in [0.5, 0.6) is 0 Å². The minimum Gasteiger partial charge on any atom is -0.477 e. The predicted octanol–water partition coefficient (Wildman–Crippen LogP) is 1.88. The van der Waals surface area contributed by atoms with Crippen molar-refractivity contribution in [3.63, 3.8) is 0 Å². The van der Waals surface area contributed by atoms with Crippen LogP contribution in [0.4, 0.5) is 0 Å². The Balaban J connectivity index is 2.42. The van der Waals surface area contributed by atoms with E-state index in [4.69, 9.17) is 9.94 Å². The van der Waals surface area contributed by atoms with Gasteiger partial charge in [-0.15, -0.1) is 0 Å². The summed E-state index contributed by atoms with van der Waals surface area (Å²) < 4.78 is 1.10. The van der Waals surface area contributed by atoms with Crippen molar-refractivity contribution in [2.75, 3.05) is 0 Å². The van der Waals surface area contributed by atoms with E-state index in [1.165, 1.54) is 0 Å². The lowest BCUT2D eigenvalue weighted by Gasteiger charge is -1.99. The van der Waals surface area contributed by atoms with Gasteiger partial charge >= 0.3 is 5.97 Å². The SMILES string of the molecule is O=C(O)C=NOCc1cccc(I)c1. The van der Waals surface area contributed by atoms with Crippen LogP contribution >= 0.6 is 22.6 Å². The largest absolute Gasteiger partial charge is 0.477 e. The lowest BCUT2D eigenvalue weighted by Crippen LogP contribution is -1.96. The number of nitrogens with zero attached hydrogens (tertiary/aromatic N) is 1. The second-order valence-corrected chi connectivity index (χ2v) is 3.72. The van der Waals surface area contributed by atoms with Crippen molar-refractivity contribution in [1.82, 2.24) is 0 Å². The van der Waals surface area contributed by atoms with Gasteiger partial charge in [0.05, 0.1) is 0 Å². The Morgan fingerprint density at radius 3 is 3.07 bits per heavy atom. The molecule has 14 heavy (non-hydrogen) atoms. The number of carboxylic acids is 1. The zero-order valence-electron chi connectivity index (χ0n) is 7.18. The summed E-state index contributed by atoms with van der Waals surface area (Å²) in [5.41, 5.74) is 0.958. The first-order valence-corrected chi connectivity index (χ1v) is 4.89. The van der Waals surface area contributed by atoms with Crippen LogP contribution in [-0.2, 0) is 16.2 Å². The van der Waals surface area contributed by atoms with Crippen LogP contribution in [0, 0.1) is 3.57 Å². The summed E-state index contributed by atoms with van der Waals surface area (Å²) in [6, 6.07) is 7.70. The number of carboxylic acid groups (broad SMARTS) is 1. The Kier molecular flexibility index (Phi) is 4.37. The molecule has 0 bridgehead atoms. The fourth-order valence-electron chi connectivity index (χ4n) is 0.821. The van der Waals surface area contributed by atoms with Crippen molar-refractivity contribution in [3.8, 4) is 0 Å². The highest BCUT2D eigenvalue weighted by Gasteiger charge is 1.93. The molecule has 0 amide bonds. The molecule has 0 aliphatic carbocycles. The predicted molar refractivity (Wildman–Crippen MR) is 60.1 cm³/mol. The lowest BCUT2D eigenvalue weighted by atomic mass is 10.2. The number of carbonyl (C=O) groups is 1. The summed E-state index contributed by atoms with van der Waals surface area (Å²) in [4.78, 5) is 14.8. The number of hydrogen-bond acceptors (Lipinski definition) is 3. The molecule has 5 heteroatoms. The van der Waals surface area contributed by atoms with Gasteiger partial charge in [0.15, 0.2) is 6.21 Å². The molecule has 0 aliphatic rings. The van der Waals surface area contributed by atoms with Crippen LogP contribution in [-0.4, -0.2) is 17.3 Å². The van der Waals surface area contributed by atoms with Gasteiger partial charge in [0.1, 0.15) is 6.61 Å². The Morgan fingerprint density at radius 2 is 2.43 bits per heavy atom. The van der Waals surface area contributed by atoms with E-state index in [-0.39, 0.29) is 6.61 Å². The summed E-state index contributed by atoms with van der Waals surface area (Å²) in [6.45, 7) is 0.278. The van der Waals surface area contributed by atoms with Crippen LogP contribution in [0.25, 0.3) is 0 Å². The van der Waals surface area contributed by atoms with E-state index >= 15 is 0 Å². The maximum atomic E-state index is 10.0. The van der Waals surface area contributed by atoms with Crippen LogP contribution in [0.3, 0.4) is 0 Å². The molecule has 0 saturated carbocycles. The number of oxime groups is 1. The normalized spacial score (nSPS) is 10.4. The molecule has 1 aromatic rings. The van der Waals surface area contributed by atoms with Crippen LogP contribution in [0.1, 0.15) is 5.56 Å². The van der Waals surface area contributed by atoms with E-state index in [0.717, 1.165) is 9.13 Å². The second kappa shape index (κ2) is 5.58. The zero-order chi connectivity index (χ0) is 10.4. The Hall–Kier alpha value is -1.11. The minimum atomic E-state index is -1.12. The van der Waals surface area contributed by atoms with E-state index in [9.17, 15) is 4.79 Å².